The average Bonchev–Trinajstić information content (AvgIpc) is 2.83. The Hall–Kier alpha value is -2.40. The number of benzene rings is 1. The molecule has 20 heavy (non-hydrogen) atoms. The van der Waals surface area contributed by atoms with Crippen molar-refractivity contribution in [1.82, 2.24) is 20.2 Å². The van der Waals surface area contributed by atoms with Gasteiger partial charge in [-0.25, -0.2) is 4.68 Å². The highest BCUT2D eigenvalue weighted by Gasteiger charge is 2.10. The Morgan fingerprint density at radius 2 is 2.35 bits per heavy atom. The van der Waals surface area contributed by atoms with Crippen LogP contribution in [0.25, 0.3) is 0 Å². The fourth-order valence-corrected chi connectivity index (χ4v) is 2.55. The van der Waals surface area contributed by atoms with Crippen molar-refractivity contribution in [2.75, 3.05) is 0 Å². The summed E-state index contributed by atoms with van der Waals surface area (Å²) < 4.78 is 1.24. The summed E-state index contributed by atoms with van der Waals surface area (Å²) in [6.07, 6.45) is 0. The van der Waals surface area contributed by atoms with E-state index in [1.165, 1.54) is 16.4 Å². The number of carbonyl (C=O) groups is 1. The lowest BCUT2D eigenvalue weighted by atomic mass is 10.1. The van der Waals surface area contributed by atoms with E-state index in [1.807, 2.05) is 19.1 Å². The molecule has 1 aromatic heterocycles. The molecular formula is C12H11N5O2S. The molecule has 1 aromatic carbocycles. The SMILES string of the molecule is Cc1cc(C#N)ccc1CSc1nnnn1CC(=O)O. The van der Waals surface area contributed by atoms with Gasteiger partial charge in [-0.3, -0.25) is 4.79 Å². The maximum atomic E-state index is 10.7. The van der Waals surface area contributed by atoms with Gasteiger partial charge in [-0.1, -0.05) is 17.8 Å². The molecule has 0 amide bonds. The zero-order valence-electron chi connectivity index (χ0n) is 10.6. The molecule has 0 fully saturated rings. The molecule has 0 saturated carbocycles. The van der Waals surface area contributed by atoms with E-state index in [2.05, 4.69) is 21.6 Å². The standard InChI is InChI=1S/C12H11N5O2S/c1-8-4-9(5-13)2-3-10(8)7-20-12-14-15-16-17(12)6-11(18)19/h2-4H,6-7H2,1H3,(H,18,19). The van der Waals surface area contributed by atoms with E-state index in [4.69, 9.17) is 10.4 Å². The number of thioether (sulfide) groups is 1. The molecule has 1 heterocycles. The third kappa shape index (κ3) is 3.33. The van der Waals surface area contributed by atoms with Crippen LogP contribution in [0.4, 0.5) is 0 Å². The zero-order valence-corrected chi connectivity index (χ0v) is 11.5. The molecule has 0 saturated heterocycles. The monoisotopic (exact) mass is 289 g/mol. The van der Waals surface area contributed by atoms with Crippen LogP contribution < -0.4 is 0 Å². The van der Waals surface area contributed by atoms with E-state index in [0.29, 0.717) is 16.5 Å². The van der Waals surface area contributed by atoms with Gasteiger partial charge in [-0.2, -0.15) is 5.26 Å². The van der Waals surface area contributed by atoms with Crippen molar-refractivity contribution in [3.8, 4) is 6.07 Å². The second-order valence-corrected chi connectivity index (χ2v) is 5.00. The predicted octanol–water partition coefficient (Wildman–Crippen LogP) is 1.23. The minimum Gasteiger partial charge on any atom is -0.480 e. The van der Waals surface area contributed by atoms with Crippen LogP contribution in [0.3, 0.4) is 0 Å². The number of tetrazole rings is 1. The second-order valence-electron chi connectivity index (χ2n) is 4.05. The number of rotatable bonds is 5. The minimum absolute atomic E-state index is 0.262. The van der Waals surface area contributed by atoms with E-state index in [9.17, 15) is 4.79 Å². The van der Waals surface area contributed by atoms with Crippen molar-refractivity contribution in [2.24, 2.45) is 0 Å². The Morgan fingerprint density at radius 1 is 1.55 bits per heavy atom. The molecule has 7 nitrogen and oxygen atoms in total. The van der Waals surface area contributed by atoms with Gasteiger partial charge in [0.1, 0.15) is 6.54 Å². The molecule has 0 spiro atoms. The third-order valence-corrected chi connectivity index (χ3v) is 3.62. The van der Waals surface area contributed by atoms with Crippen LogP contribution in [-0.4, -0.2) is 31.3 Å². The highest BCUT2D eigenvalue weighted by atomic mass is 32.2. The van der Waals surface area contributed by atoms with Crippen LogP contribution >= 0.6 is 11.8 Å². The molecule has 0 unspecified atom stereocenters. The van der Waals surface area contributed by atoms with E-state index >= 15 is 0 Å². The molecule has 0 radical (unpaired) electrons. The number of nitrogens with zero attached hydrogens (tertiary/aromatic N) is 5. The van der Waals surface area contributed by atoms with Gasteiger partial charge in [0.2, 0.25) is 5.16 Å². The fraction of sp³-hybridized carbons (Fsp3) is 0.250. The van der Waals surface area contributed by atoms with Gasteiger partial charge in [0.15, 0.2) is 0 Å². The lowest BCUT2D eigenvalue weighted by molar-refractivity contribution is -0.138. The van der Waals surface area contributed by atoms with Crippen LogP contribution in [0, 0.1) is 18.3 Å². The highest BCUT2D eigenvalue weighted by Crippen LogP contribution is 2.22. The second kappa shape index (κ2) is 6.16. The Labute approximate surface area is 119 Å². The lowest BCUT2D eigenvalue weighted by Crippen LogP contribution is -2.11. The first kappa shape index (κ1) is 14.0. The number of carboxylic acid groups (broad SMARTS) is 1. The molecule has 0 aliphatic rings. The molecule has 2 aromatic rings. The zero-order chi connectivity index (χ0) is 14.5. The van der Waals surface area contributed by atoms with Gasteiger partial charge in [0.05, 0.1) is 11.6 Å². The van der Waals surface area contributed by atoms with Crippen molar-refractivity contribution in [1.29, 1.82) is 5.26 Å². The smallest absolute Gasteiger partial charge is 0.325 e. The van der Waals surface area contributed by atoms with Crippen molar-refractivity contribution in [3.63, 3.8) is 0 Å². The van der Waals surface area contributed by atoms with Crippen molar-refractivity contribution in [3.05, 3.63) is 34.9 Å². The van der Waals surface area contributed by atoms with E-state index in [-0.39, 0.29) is 6.54 Å². The Kier molecular flexibility index (Phi) is 4.32. The Morgan fingerprint density at radius 3 is 3.00 bits per heavy atom. The summed E-state index contributed by atoms with van der Waals surface area (Å²) in [7, 11) is 0. The van der Waals surface area contributed by atoms with Gasteiger partial charge in [0, 0.05) is 5.75 Å². The molecule has 0 atom stereocenters. The lowest BCUT2D eigenvalue weighted by Gasteiger charge is -2.05. The van der Waals surface area contributed by atoms with Crippen molar-refractivity contribution in [2.45, 2.75) is 24.4 Å². The highest BCUT2D eigenvalue weighted by molar-refractivity contribution is 7.98. The number of carboxylic acids is 1. The van der Waals surface area contributed by atoms with Gasteiger partial charge < -0.3 is 5.11 Å². The molecule has 0 aliphatic carbocycles. The first-order valence-electron chi connectivity index (χ1n) is 5.70. The average molecular weight is 289 g/mol. The number of hydrogen-bond donors (Lipinski definition) is 1. The predicted molar refractivity (Wildman–Crippen MR) is 70.9 cm³/mol. The van der Waals surface area contributed by atoms with Crippen LogP contribution in [0.1, 0.15) is 16.7 Å². The van der Waals surface area contributed by atoms with Crippen LogP contribution in [0.5, 0.6) is 0 Å². The summed E-state index contributed by atoms with van der Waals surface area (Å²) >= 11 is 1.36. The first-order valence-corrected chi connectivity index (χ1v) is 6.69. The van der Waals surface area contributed by atoms with Crippen molar-refractivity contribution >= 4 is 17.7 Å². The normalized spacial score (nSPS) is 10.2. The van der Waals surface area contributed by atoms with Gasteiger partial charge in [0.25, 0.3) is 0 Å². The topological polar surface area (TPSA) is 105 Å². The van der Waals surface area contributed by atoms with Gasteiger partial charge in [-0.05, 0) is 40.6 Å². The largest absolute Gasteiger partial charge is 0.480 e. The maximum Gasteiger partial charge on any atom is 0.325 e. The number of aliphatic carboxylic acids is 1. The fourth-order valence-electron chi connectivity index (χ4n) is 1.60. The summed E-state index contributed by atoms with van der Waals surface area (Å²) in [5.41, 5.74) is 2.68. The summed E-state index contributed by atoms with van der Waals surface area (Å²) in [5, 5.41) is 28.9. The number of aromatic nitrogens is 4. The molecular weight excluding hydrogens is 278 g/mol. The summed E-state index contributed by atoms with van der Waals surface area (Å²) in [4.78, 5) is 10.7. The van der Waals surface area contributed by atoms with E-state index in [0.717, 1.165) is 11.1 Å². The Bertz CT molecular complexity index is 677. The number of aryl methyl sites for hydroxylation is 1. The Balaban J connectivity index is 2.08. The molecule has 0 bridgehead atoms. The molecule has 0 aliphatic heterocycles. The van der Waals surface area contributed by atoms with Crippen LogP contribution in [0.2, 0.25) is 0 Å². The number of nitriles is 1. The molecule has 102 valence electrons. The molecule has 8 heteroatoms. The van der Waals surface area contributed by atoms with E-state index in [1.54, 1.807) is 6.07 Å². The first-order chi connectivity index (χ1) is 9.60. The van der Waals surface area contributed by atoms with Gasteiger partial charge >= 0.3 is 5.97 Å². The van der Waals surface area contributed by atoms with Crippen LogP contribution in [-0.2, 0) is 17.1 Å². The maximum absolute atomic E-state index is 10.7. The van der Waals surface area contributed by atoms with Gasteiger partial charge in [-0.15, -0.1) is 5.10 Å². The minimum atomic E-state index is -0.992. The third-order valence-electron chi connectivity index (χ3n) is 2.61. The number of hydrogen-bond acceptors (Lipinski definition) is 6. The molecule has 2 rings (SSSR count). The summed E-state index contributed by atoms with van der Waals surface area (Å²) in [5.74, 6) is -0.383. The summed E-state index contributed by atoms with van der Waals surface area (Å²) in [6.45, 7) is 1.67. The van der Waals surface area contributed by atoms with E-state index < -0.39 is 5.97 Å². The molecule has 1 N–H and O–H groups in total. The van der Waals surface area contributed by atoms with Crippen LogP contribution in [0.15, 0.2) is 23.4 Å². The quantitative estimate of drug-likeness (QED) is 0.825. The van der Waals surface area contributed by atoms with Crippen molar-refractivity contribution < 1.29 is 9.90 Å². The summed E-state index contributed by atoms with van der Waals surface area (Å²) in [6, 6.07) is 7.54.